The fraction of sp³-hybridized carbons (Fsp3) is 0.0444. The minimum Gasteiger partial charge on any atom is -0.744 e. The molecule has 0 aliphatic rings. The molecule has 0 saturated heterocycles. The van der Waals surface area contributed by atoms with Crippen LogP contribution in [-0.4, -0.2) is 41.1 Å². The summed E-state index contributed by atoms with van der Waals surface area (Å²) in [6, 6.07) is 46.3. The molecule has 13 nitrogen and oxygen atoms in total. The van der Waals surface area contributed by atoms with Crippen molar-refractivity contribution in [3.63, 3.8) is 0 Å². The Kier molecular flexibility index (Phi) is 17.9. The van der Waals surface area contributed by atoms with Gasteiger partial charge in [0.05, 0.1) is 22.5 Å². The third-order valence-corrected chi connectivity index (χ3v) is 11.5. The zero-order valence-corrected chi connectivity index (χ0v) is 40.5. The standard InChI is InChI=1S/C45H32NO9S2.2Na.O3S/c1-30-4-3-5-43(42(30)29-46)54-38-18-10-34(11-19-38)32-8-16-36(17-9-32)53-37-22-24-40(25-23-37)56(47,48)41-26-27-44(45(28-41)57(49,50)51)55-39-20-12-33(13-21-39)31-6-14-35(52-2)15-7-31;;;1-4(2)3/h3-22,24-28H,1-2H3,(H,49,50,51);;;/q-1;2*+1;/p-1. The van der Waals surface area contributed by atoms with Crippen LogP contribution in [0.25, 0.3) is 22.3 Å². The van der Waals surface area contributed by atoms with Crippen LogP contribution in [0, 0.1) is 24.3 Å². The third kappa shape index (κ3) is 13.1. The van der Waals surface area contributed by atoms with Crippen molar-refractivity contribution in [3.8, 4) is 68.6 Å². The van der Waals surface area contributed by atoms with E-state index in [1.165, 1.54) is 24.3 Å². The normalized spacial score (nSPS) is 10.6. The molecule has 0 aliphatic carbocycles. The summed E-state index contributed by atoms with van der Waals surface area (Å²) in [7, 11) is -11.0. The number of hydrogen-bond donors (Lipinski definition) is 0. The number of nitriles is 1. The molecule has 308 valence electrons. The molecule has 7 aromatic rings. The van der Waals surface area contributed by atoms with Crippen molar-refractivity contribution >= 4 is 30.6 Å². The van der Waals surface area contributed by atoms with Gasteiger partial charge in [-0.3, -0.25) is 0 Å². The summed E-state index contributed by atoms with van der Waals surface area (Å²) in [5.74, 6) is 2.42. The fourth-order valence-corrected chi connectivity index (χ4v) is 7.83. The Hall–Kier alpha value is -5.29. The molecule has 0 atom stereocenters. The molecule has 7 rings (SSSR count). The number of benzene rings is 7. The zero-order chi connectivity index (χ0) is 43.7. The van der Waals surface area contributed by atoms with E-state index in [1.807, 2.05) is 79.7 Å². The maximum atomic E-state index is 13.6. The molecule has 63 heavy (non-hydrogen) atoms. The average molecular weight is 920 g/mol. The third-order valence-electron chi connectivity index (χ3n) is 8.91. The summed E-state index contributed by atoms with van der Waals surface area (Å²) in [6.45, 7) is 1.86. The Labute approximate surface area is 410 Å². The van der Waals surface area contributed by atoms with Crippen LogP contribution in [0.1, 0.15) is 11.1 Å². The second kappa shape index (κ2) is 22.4. The molecular formula is C45H31NNa2O12S3. The van der Waals surface area contributed by atoms with Gasteiger partial charge in [0.1, 0.15) is 50.7 Å². The zero-order valence-electron chi connectivity index (χ0n) is 34.0. The molecular weight excluding hydrogens is 889 g/mol. The van der Waals surface area contributed by atoms with E-state index in [-0.39, 0.29) is 81.3 Å². The van der Waals surface area contributed by atoms with Gasteiger partial charge in [-0.15, -0.1) is 24.8 Å². The fourth-order valence-electron chi connectivity index (χ4n) is 5.88. The van der Waals surface area contributed by atoms with E-state index in [0.717, 1.165) is 39.9 Å². The second-order valence-electron chi connectivity index (χ2n) is 12.8. The maximum absolute atomic E-state index is 13.6. The Morgan fingerprint density at radius 1 is 0.587 bits per heavy atom. The summed E-state index contributed by atoms with van der Waals surface area (Å²) < 4.78 is 112. The van der Waals surface area contributed by atoms with Crippen LogP contribution < -0.4 is 78.1 Å². The minimum absolute atomic E-state index is 0. The summed E-state index contributed by atoms with van der Waals surface area (Å²) in [5, 5.41) is 9.48. The molecule has 7 aromatic carbocycles. The topological polar surface area (TPSA) is 203 Å². The molecule has 0 fully saturated rings. The molecule has 0 aromatic heterocycles. The second-order valence-corrected chi connectivity index (χ2v) is 16.5. The predicted octanol–water partition coefficient (Wildman–Crippen LogP) is 3.13. The first-order valence-electron chi connectivity index (χ1n) is 17.8. The largest absolute Gasteiger partial charge is 1.00 e. The van der Waals surface area contributed by atoms with Crippen molar-refractivity contribution in [3.05, 3.63) is 169 Å². The van der Waals surface area contributed by atoms with Crippen molar-refractivity contribution < 1.29 is 112 Å². The first kappa shape index (κ1) is 50.4. The number of nitrogens with zero attached hydrogens (tertiary/aromatic N) is 1. The molecule has 0 heterocycles. The molecule has 0 bridgehead atoms. The molecule has 0 amide bonds. The predicted molar refractivity (Wildman–Crippen MR) is 221 cm³/mol. The Bertz CT molecular complexity index is 3070. The molecule has 0 saturated carbocycles. The van der Waals surface area contributed by atoms with Crippen LogP contribution in [0.15, 0.2) is 166 Å². The molecule has 18 heteroatoms. The van der Waals surface area contributed by atoms with Crippen LogP contribution in [0.3, 0.4) is 0 Å². The van der Waals surface area contributed by atoms with Crippen LogP contribution in [0.2, 0.25) is 0 Å². The van der Waals surface area contributed by atoms with Crippen molar-refractivity contribution in [2.24, 2.45) is 0 Å². The van der Waals surface area contributed by atoms with Crippen LogP contribution in [-0.2, 0) is 30.6 Å². The monoisotopic (exact) mass is 919 g/mol. The van der Waals surface area contributed by atoms with Crippen molar-refractivity contribution in [2.75, 3.05) is 7.11 Å². The van der Waals surface area contributed by atoms with Crippen molar-refractivity contribution in [2.45, 2.75) is 21.6 Å². The summed E-state index contributed by atoms with van der Waals surface area (Å²) >= 11 is 0. The van der Waals surface area contributed by atoms with E-state index in [1.54, 1.807) is 49.6 Å². The van der Waals surface area contributed by atoms with E-state index in [9.17, 15) is 26.7 Å². The Balaban J connectivity index is 0.00000139. The smallest absolute Gasteiger partial charge is 0.744 e. The summed E-state index contributed by atoms with van der Waals surface area (Å²) in [5.41, 5.74) is 4.92. The van der Waals surface area contributed by atoms with Crippen molar-refractivity contribution in [1.82, 2.24) is 0 Å². The van der Waals surface area contributed by atoms with E-state index >= 15 is 0 Å². The number of sulfone groups is 1. The Morgan fingerprint density at radius 2 is 1.03 bits per heavy atom. The molecule has 0 unspecified atom stereocenters. The van der Waals surface area contributed by atoms with Gasteiger partial charge in [-0.2, -0.15) is 17.4 Å². The van der Waals surface area contributed by atoms with Gasteiger partial charge in [-0.05, 0) is 112 Å². The van der Waals surface area contributed by atoms with Gasteiger partial charge in [-0.25, -0.2) is 16.8 Å². The Morgan fingerprint density at radius 3 is 1.46 bits per heavy atom. The van der Waals surface area contributed by atoms with Gasteiger partial charge in [0.2, 0.25) is 0 Å². The number of rotatable bonds is 12. The van der Waals surface area contributed by atoms with Gasteiger partial charge in [0.25, 0.3) is 0 Å². The van der Waals surface area contributed by atoms with Crippen LogP contribution in [0.4, 0.5) is 0 Å². The quantitative estimate of drug-likeness (QED) is 0.0984. The van der Waals surface area contributed by atoms with Gasteiger partial charge in [0, 0.05) is 5.75 Å². The molecule has 0 radical (unpaired) electrons. The molecule has 0 spiro atoms. The number of ether oxygens (including phenoxy) is 4. The van der Waals surface area contributed by atoms with E-state index < -0.39 is 40.4 Å². The SMILES string of the molecule is COc1ccc(-c2ccc(Oc3ccc(S(=O)(=O)c4c[c-]c(Oc5ccc(-c6ccc(Oc7cccc(C)c7C#N)cc6)cc5)cc4)cc3S(=O)(=O)[O-])cc2)cc1.O=S(=O)=O.[Na+].[Na+]. The summed E-state index contributed by atoms with van der Waals surface area (Å²) in [4.78, 5) is -1.43. The van der Waals surface area contributed by atoms with Crippen molar-refractivity contribution in [1.29, 1.82) is 5.26 Å². The van der Waals surface area contributed by atoms with Gasteiger partial charge in [0.15, 0.2) is 9.84 Å². The number of methoxy groups -OCH3 is 1. The van der Waals surface area contributed by atoms with Gasteiger partial charge >= 0.3 is 69.7 Å². The van der Waals surface area contributed by atoms with Gasteiger partial charge in [-0.1, -0.05) is 60.7 Å². The first-order valence-corrected chi connectivity index (χ1v) is 21.7. The molecule has 0 N–H and O–H groups in total. The average Bonchev–Trinajstić information content (AvgIpc) is 3.24. The van der Waals surface area contributed by atoms with Crippen LogP contribution >= 0.6 is 0 Å². The van der Waals surface area contributed by atoms with E-state index in [2.05, 4.69) is 12.1 Å². The molecule has 0 aliphatic heterocycles. The first-order chi connectivity index (χ1) is 29.1. The van der Waals surface area contributed by atoms with E-state index in [4.69, 9.17) is 31.6 Å². The minimum atomic E-state index is -5.15. The van der Waals surface area contributed by atoms with Crippen LogP contribution in [0.5, 0.6) is 40.2 Å². The number of hydrogen-bond acceptors (Lipinski definition) is 13. The van der Waals surface area contributed by atoms with Gasteiger partial charge < -0.3 is 23.5 Å². The maximum Gasteiger partial charge on any atom is 1.00 e. The number of aryl methyl sites for hydroxylation is 1. The summed E-state index contributed by atoms with van der Waals surface area (Å²) in [6.07, 6.45) is 0. The van der Waals surface area contributed by atoms with E-state index in [0.29, 0.717) is 28.6 Å².